The Morgan fingerprint density at radius 1 is 0.719 bits per heavy atom. The van der Waals surface area contributed by atoms with Crippen LogP contribution in [0.15, 0.2) is 84.9 Å². The SMILES string of the molecule is O=C(O)c1cccc(C(=O)C=Cc2ccc(C=Cc3ccc4ccccc4n3)cc2)c1O. The molecule has 0 atom stereocenters. The van der Waals surface area contributed by atoms with Crippen molar-refractivity contribution >= 4 is 40.9 Å². The Bertz CT molecular complexity index is 1370. The molecular formula is C27H19NO4. The zero-order valence-corrected chi connectivity index (χ0v) is 17.0. The summed E-state index contributed by atoms with van der Waals surface area (Å²) in [4.78, 5) is 28.1. The van der Waals surface area contributed by atoms with E-state index in [1.54, 1.807) is 6.08 Å². The van der Waals surface area contributed by atoms with Crippen molar-refractivity contribution < 1.29 is 19.8 Å². The van der Waals surface area contributed by atoms with Crippen LogP contribution in [0.4, 0.5) is 0 Å². The third-order valence-corrected chi connectivity index (χ3v) is 4.96. The fourth-order valence-electron chi connectivity index (χ4n) is 3.25. The van der Waals surface area contributed by atoms with Gasteiger partial charge in [-0.1, -0.05) is 66.7 Å². The molecule has 0 aliphatic rings. The van der Waals surface area contributed by atoms with Crippen molar-refractivity contribution in [3.63, 3.8) is 0 Å². The minimum Gasteiger partial charge on any atom is -0.506 e. The molecule has 0 aliphatic heterocycles. The van der Waals surface area contributed by atoms with Gasteiger partial charge < -0.3 is 10.2 Å². The zero-order valence-electron chi connectivity index (χ0n) is 17.0. The van der Waals surface area contributed by atoms with E-state index in [0.29, 0.717) is 0 Å². The summed E-state index contributed by atoms with van der Waals surface area (Å²) in [6.45, 7) is 0. The number of hydrogen-bond acceptors (Lipinski definition) is 4. The standard InChI is InChI=1S/C27H19NO4/c29-25(22-5-3-6-23(26(22)30)27(31)32)17-13-19-10-8-18(9-11-19)12-15-21-16-14-20-4-1-2-7-24(20)28-21/h1-17,30H,(H,31,32). The summed E-state index contributed by atoms with van der Waals surface area (Å²) in [6, 6.07) is 23.6. The van der Waals surface area contributed by atoms with Gasteiger partial charge in [0.1, 0.15) is 11.3 Å². The van der Waals surface area contributed by atoms with Gasteiger partial charge in [-0.05, 0) is 47.5 Å². The number of allylic oxidation sites excluding steroid dienone is 1. The molecule has 0 amide bonds. The molecule has 3 aromatic carbocycles. The molecule has 4 rings (SSSR count). The third-order valence-electron chi connectivity index (χ3n) is 4.96. The first-order valence-electron chi connectivity index (χ1n) is 9.93. The number of carbonyl (C=O) groups is 2. The van der Waals surface area contributed by atoms with E-state index in [2.05, 4.69) is 4.98 Å². The molecule has 0 radical (unpaired) electrons. The molecule has 0 spiro atoms. The monoisotopic (exact) mass is 421 g/mol. The van der Waals surface area contributed by atoms with Gasteiger partial charge in [-0.3, -0.25) is 4.79 Å². The quantitative estimate of drug-likeness (QED) is 0.308. The Morgan fingerprint density at radius 2 is 1.41 bits per heavy atom. The lowest BCUT2D eigenvalue weighted by atomic mass is 10.0. The van der Waals surface area contributed by atoms with E-state index in [-0.39, 0.29) is 11.1 Å². The second-order valence-electron chi connectivity index (χ2n) is 7.13. The molecule has 0 aliphatic carbocycles. The molecule has 0 bridgehead atoms. The average molecular weight is 421 g/mol. The van der Waals surface area contributed by atoms with E-state index in [1.807, 2.05) is 72.8 Å². The first-order valence-corrected chi connectivity index (χ1v) is 9.93. The van der Waals surface area contributed by atoms with Gasteiger partial charge >= 0.3 is 5.97 Å². The topological polar surface area (TPSA) is 87.5 Å². The highest BCUT2D eigenvalue weighted by Gasteiger charge is 2.16. The highest BCUT2D eigenvalue weighted by Crippen LogP contribution is 2.23. The minimum absolute atomic E-state index is 0.0522. The number of aromatic carboxylic acids is 1. The van der Waals surface area contributed by atoms with Gasteiger partial charge in [0.05, 0.1) is 16.8 Å². The molecular weight excluding hydrogens is 402 g/mol. The summed E-state index contributed by atoms with van der Waals surface area (Å²) in [7, 11) is 0. The van der Waals surface area contributed by atoms with E-state index >= 15 is 0 Å². The number of aromatic hydroxyl groups is 1. The smallest absolute Gasteiger partial charge is 0.339 e. The fourth-order valence-corrected chi connectivity index (χ4v) is 3.25. The second kappa shape index (κ2) is 9.10. The summed E-state index contributed by atoms with van der Waals surface area (Å²) < 4.78 is 0. The first-order chi connectivity index (χ1) is 15.5. The Labute approximate surface area is 184 Å². The number of carboxylic acid groups (broad SMARTS) is 1. The van der Waals surface area contributed by atoms with E-state index in [9.17, 15) is 14.7 Å². The molecule has 156 valence electrons. The minimum atomic E-state index is -1.29. The number of phenols is 1. The molecule has 0 saturated heterocycles. The van der Waals surface area contributed by atoms with Gasteiger partial charge in [-0.25, -0.2) is 9.78 Å². The number of carbonyl (C=O) groups excluding carboxylic acids is 1. The molecule has 5 heteroatoms. The molecule has 4 aromatic rings. The maximum Gasteiger partial charge on any atom is 0.339 e. The van der Waals surface area contributed by atoms with E-state index in [1.165, 1.54) is 24.3 Å². The van der Waals surface area contributed by atoms with Crippen molar-refractivity contribution in [1.29, 1.82) is 0 Å². The van der Waals surface area contributed by atoms with Gasteiger partial charge in [0.15, 0.2) is 5.78 Å². The Kier molecular flexibility index (Phi) is 5.90. The Morgan fingerprint density at radius 3 is 2.16 bits per heavy atom. The summed E-state index contributed by atoms with van der Waals surface area (Å²) in [5, 5.41) is 20.2. The molecule has 2 N–H and O–H groups in total. The number of para-hydroxylation sites is 2. The number of hydrogen-bond donors (Lipinski definition) is 2. The van der Waals surface area contributed by atoms with Crippen molar-refractivity contribution in [2.75, 3.05) is 0 Å². The van der Waals surface area contributed by atoms with Crippen molar-refractivity contribution in [3.8, 4) is 5.75 Å². The van der Waals surface area contributed by atoms with Gasteiger partial charge in [0.2, 0.25) is 0 Å². The molecule has 0 saturated carbocycles. The third kappa shape index (κ3) is 4.63. The van der Waals surface area contributed by atoms with Crippen LogP contribution in [-0.2, 0) is 0 Å². The normalized spacial score (nSPS) is 11.4. The van der Waals surface area contributed by atoms with Crippen LogP contribution in [0, 0.1) is 0 Å². The lowest BCUT2D eigenvalue weighted by Crippen LogP contribution is -2.02. The predicted molar refractivity (Wildman–Crippen MR) is 126 cm³/mol. The highest BCUT2D eigenvalue weighted by atomic mass is 16.4. The Balaban J connectivity index is 1.46. The van der Waals surface area contributed by atoms with Gasteiger partial charge in [-0.15, -0.1) is 0 Å². The van der Waals surface area contributed by atoms with Gasteiger partial charge in [-0.2, -0.15) is 0 Å². The Hall–Kier alpha value is -4.51. The number of ketones is 1. The first kappa shape index (κ1) is 20.8. The number of aromatic nitrogens is 1. The van der Waals surface area contributed by atoms with E-state index in [0.717, 1.165) is 27.7 Å². The van der Waals surface area contributed by atoms with Crippen LogP contribution in [0.3, 0.4) is 0 Å². The predicted octanol–water partition coefficient (Wildman–Crippen LogP) is 5.71. The van der Waals surface area contributed by atoms with Crippen LogP contribution in [0.25, 0.3) is 29.1 Å². The zero-order chi connectivity index (χ0) is 22.5. The number of nitrogens with zero attached hydrogens (tertiary/aromatic N) is 1. The van der Waals surface area contributed by atoms with Crippen molar-refractivity contribution in [2.45, 2.75) is 0 Å². The van der Waals surface area contributed by atoms with Crippen LogP contribution in [0.5, 0.6) is 5.75 Å². The molecule has 0 fully saturated rings. The second-order valence-corrected chi connectivity index (χ2v) is 7.13. The van der Waals surface area contributed by atoms with Gasteiger partial charge in [0.25, 0.3) is 0 Å². The maximum absolute atomic E-state index is 12.4. The maximum atomic E-state index is 12.4. The van der Waals surface area contributed by atoms with Crippen LogP contribution in [-0.4, -0.2) is 26.9 Å². The van der Waals surface area contributed by atoms with Crippen molar-refractivity contribution in [2.24, 2.45) is 0 Å². The van der Waals surface area contributed by atoms with Crippen LogP contribution in [0.2, 0.25) is 0 Å². The molecule has 5 nitrogen and oxygen atoms in total. The summed E-state index contributed by atoms with van der Waals surface area (Å²) in [6.07, 6.45) is 6.84. The lowest BCUT2D eigenvalue weighted by Gasteiger charge is -2.04. The number of pyridine rings is 1. The van der Waals surface area contributed by atoms with Crippen LogP contribution in [0.1, 0.15) is 37.5 Å². The van der Waals surface area contributed by atoms with Crippen LogP contribution < -0.4 is 0 Å². The lowest BCUT2D eigenvalue weighted by molar-refractivity contribution is 0.0693. The molecule has 1 aromatic heterocycles. The van der Waals surface area contributed by atoms with Crippen LogP contribution >= 0.6 is 0 Å². The summed E-state index contributed by atoms with van der Waals surface area (Å²) >= 11 is 0. The highest BCUT2D eigenvalue weighted by molar-refractivity contribution is 6.10. The number of benzene rings is 3. The average Bonchev–Trinajstić information content (AvgIpc) is 2.81. The van der Waals surface area contributed by atoms with Gasteiger partial charge in [0, 0.05) is 5.39 Å². The molecule has 1 heterocycles. The fraction of sp³-hybridized carbons (Fsp3) is 0. The largest absolute Gasteiger partial charge is 0.506 e. The van der Waals surface area contributed by atoms with Crippen molar-refractivity contribution in [1.82, 2.24) is 4.98 Å². The summed E-state index contributed by atoms with van der Waals surface area (Å²) in [5.41, 5.74) is 3.23. The van der Waals surface area contributed by atoms with E-state index in [4.69, 9.17) is 5.11 Å². The van der Waals surface area contributed by atoms with E-state index < -0.39 is 17.5 Å². The number of carboxylic acids is 1. The van der Waals surface area contributed by atoms with Crippen molar-refractivity contribution in [3.05, 3.63) is 113 Å². The molecule has 0 unspecified atom stereocenters. The number of rotatable bonds is 6. The number of fused-ring (bicyclic) bond motifs is 1. The molecule has 32 heavy (non-hydrogen) atoms. The summed E-state index contributed by atoms with van der Waals surface area (Å²) in [5.74, 6) is -2.29.